The molecule has 1 fully saturated rings. The molecule has 2 rings (SSSR count). The van der Waals surface area contributed by atoms with Crippen molar-refractivity contribution in [3.63, 3.8) is 0 Å². The van der Waals surface area contributed by atoms with E-state index in [9.17, 15) is 0 Å². The number of rotatable bonds is 4. The maximum Gasteiger partial charge on any atom is 0.152 e. The van der Waals surface area contributed by atoms with Gasteiger partial charge >= 0.3 is 0 Å². The zero-order valence-electron chi connectivity index (χ0n) is 11.3. The van der Waals surface area contributed by atoms with Crippen molar-refractivity contribution in [1.29, 1.82) is 5.41 Å². The van der Waals surface area contributed by atoms with Gasteiger partial charge in [-0.15, -0.1) is 0 Å². The zero-order chi connectivity index (χ0) is 13.8. The topological polar surface area (TPSA) is 86.6 Å². The Morgan fingerprint density at radius 2 is 2.05 bits per heavy atom. The highest BCUT2D eigenvalue weighted by atomic mass is 15.0. The lowest BCUT2D eigenvalue weighted by Crippen LogP contribution is -2.34. The van der Waals surface area contributed by atoms with Gasteiger partial charge in [0, 0.05) is 19.8 Å². The van der Waals surface area contributed by atoms with Crippen LogP contribution in [-0.2, 0) is 0 Å². The van der Waals surface area contributed by atoms with E-state index in [-0.39, 0.29) is 11.7 Å². The van der Waals surface area contributed by atoms with Gasteiger partial charge in [0.25, 0.3) is 0 Å². The fraction of sp³-hybridized carbons (Fsp3) is 0.357. The van der Waals surface area contributed by atoms with E-state index in [1.807, 2.05) is 12.1 Å². The molecule has 0 spiro atoms. The molecule has 5 heteroatoms. The normalized spacial score (nSPS) is 16.3. The molecule has 0 aliphatic heterocycles. The maximum absolute atomic E-state index is 8.01. The number of hydrogen-bond donors (Lipinski definition) is 3. The van der Waals surface area contributed by atoms with Crippen LogP contribution in [0.25, 0.3) is 0 Å². The smallest absolute Gasteiger partial charge is 0.152 e. The summed E-state index contributed by atoms with van der Waals surface area (Å²) in [6.45, 7) is 0. The van der Waals surface area contributed by atoms with Crippen molar-refractivity contribution in [1.82, 2.24) is 0 Å². The van der Waals surface area contributed by atoms with Crippen molar-refractivity contribution in [3.8, 4) is 0 Å². The summed E-state index contributed by atoms with van der Waals surface area (Å²) in [7, 11) is 3.19. The van der Waals surface area contributed by atoms with Gasteiger partial charge in [0.05, 0.1) is 0 Å². The first-order valence-electron chi connectivity index (χ1n) is 6.31. The number of hydrogen-bond acceptors (Lipinski definition) is 3. The van der Waals surface area contributed by atoms with E-state index in [1.54, 1.807) is 14.1 Å². The van der Waals surface area contributed by atoms with Gasteiger partial charge < -0.3 is 11.1 Å². The van der Waals surface area contributed by atoms with Crippen LogP contribution in [-0.4, -0.2) is 31.5 Å². The molecule has 5 nitrogen and oxygen atoms in total. The number of nitrogens with two attached hydrogens (primary N) is 1. The molecule has 0 amide bonds. The molecule has 1 aromatic carbocycles. The van der Waals surface area contributed by atoms with Crippen LogP contribution in [0.2, 0.25) is 0 Å². The third-order valence-electron chi connectivity index (χ3n) is 3.15. The fourth-order valence-electron chi connectivity index (χ4n) is 1.95. The van der Waals surface area contributed by atoms with Crippen molar-refractivity contribution in [2.75, 3.05) is 19.4 Å². The first kappa shape index (κ1) is 13.3. The van der Waals surface area contributed by atoms with Gasteiger partial charge in [0.1, 0.15) is 11.5 Å². The summed E-state index contributed by atoms with van der Waals surface area (Å²) in [5, 5.41) is 11.0. The molecule has 0 aromatic heterocycles. The average molecular weight is 257 g/mol. The Hall–Kier alpha value is -2.17. The van der Waals surface area contributed by atoms with Crippen molar-refractivity contribution in [2.45, 2.75) is 18.8 Å². The molecule has 1 aromatic rings. The van der Waals surface area contributed by atoms with Gasteiger partial charge in [-0.05, 0) is 36.5 Å². The highest BCUT2D eigenvalue weighted by molar-refractivity contribution is 6.68. The van der Waals surface area contributed by atoms with E-state index in [1.165, 1.54) is 18.4 Å². The Morgan fingerprint density at radius 3 is 2.63 bits per heavy atom. The molecule has 0 heterocycles. The quantitative estimate of drug-likeness (QED) is 0.569. The minimum atomic E-state index is 0.165. The van der Waals surface area contributed by atoms with Gasteiger partial charge in [-0.3, -0.25) is 15.4 Å². The standard InChI is InChI=1S/C14H19N5/c1-17-12(13(15)18-2)14(16)19-11-5-3-4-10(8-11)9-6-7-9/h3-5,8-9H,6-7H2,1-2H3,(H2,15,18)(H2,16,19)/b17-12+. The first-order valence-corrected chi connectivity index (χ1v) is 6.31. The van der Waals surface area contributed by atoms with Crippen LogP contribution in [0.1, 0.15) is 24.3 Å². The Bertz CT molecular complexity index is 541. The van der Waals surface area contributed by atoms with E-state index in [0.29, 0.717) is 11.6 Å². The van der Waals surface area contributed by atoms with E-state index in [4.69, 9.17) is 11.1 Å². The molecule has 0 bridgehead atoms. The minimum Gasteiger partial charge on any atom is -0.382 e. The Kier molecular flexibility index (Phi) is 3.94. The summed E-state index contributed by atoms with van der Waals surface area (Å²) in [4.78, 5) is 7.86. The lowest BCUT2D eigenvalue weighted by atomic mass is 10.1. The predicted octanol–water partition coefficient (Wildman–Crippen LogP) is 2.01. The van der Waals surface area contributed by atoms with Crippen molar-refractivity contribution in [3.05, 3.63) is 29.8 Å². The molecule has 100 valence electrons. The van der Waals surface area contributed by atoms with Crippen molar-refractivity contribution < 1.29 is 0 Å². The Balaban J connectivity index is 2.12. The van der Waals surface area contributed by atoms with Crippen LogP contribution in [0.5, 0.6) is 0 Å². The van der Waals surface area contributed by atoms with Gasteiger partial charge in [0.2, 0.25) is 0 Å². The van der Waals surface area contributed by atoms with Crippen molar-refractivity contribution >= 4 is 23.1 Å². The summed E-state index contributed by atoms with van der Waals surface area (Å²) in [5.41, 5.74) is 8.30. The molecule has 0 atom stereocenters. The number of amidine groups is 2. The molecule has 0 radical (unpaired) electrons. The first-order chi connectivity index (χ1) is 9.15. The summed E-state index contributed by atoms with van der Waals surface area (Å²) in [6, 6.07) is 8.15. The third-order valence-corrected chi connectivity index (χ3v) is 3.15. The number of aliphatic imine (C=N–C) groups is 2. The van der Waals surface area contributed by atoms with Gasteiger partial charge in [-0.1, -0.05) is 12.1 Å². The van der Waals surface area contributed by atoms with Gasteiger partial charge in [0.15, 0.2) is 5.84 Å². The largest absolute Gasteiger partial charge is 0.382 e. The predicted molar refractivity (Wildman–Crippen MR) is 80.7 cm³/mol. The lowest BCUT2D eigenvalue weighted by Gasteiger charge is -2.10. The molecular weight excluding hydrogens is 238 g/mol. The number of benzene rings is 1. The average Bonchev–Trinajstić information content (AvgIpc) is 3.24. The summed E-state index contributed by atoms with van der Waals surface area (Å²) in [6.07, 6.45) is 2.52. The number of nitrogens with zero attached hydrogens (tertiary/aromatic N) is 2. The lowest BCUT2D eigenvalue weighted by molar-refractivity contribution is 1.13. The third kappa shape index (κ3) is 3.19. The van der Waals surface area contributed by atoms with Crippen molar-refractivity contribution in [2.24, 2.45) is 15.7 Å². The molecule has 1 saturated carbocycles. The minimum absolute atomic E-state index is 0.165. The van der Waals surface area contributed by atoms with E-state index in [2.05, 4.69) is 27.4 Å². The molecule has 1 aliphatic rings. The molecule has 0 unspecified atom stereocenters. The van der Waals surface area contributed by atoms with Crippen LogP contribution < -0.4 is 11.1 Å². The van der Waals surface area contributed by atoms with Gasteiger partial charge in [-0.2, -0.15) is 0 Å². The SMILES string of the molecule is C/N=C(C(=N)Nc1cccc(C2CC2)c1)\C(N)=N/C. The molecule has 0 saturated heterocycles. The summed E-state index contributed by atoms with van der Waals surface area (Å²) >= 11 is 0. The molecule has 19 heavy (non-hydrogen) atoms. The van der Waals surface area contributed by atoms with E-state index in [0.717, 1.165) is 5.69 Å². The molecule has 1 aliphatic carbocycles. The van der Waals surface area contributed by atoms with Crippen LogP contribution in [0.15, 0.2) is 34.3 Å². The highest BCUT2D eigenvalue weighted by Crippen LogP contribution is 2.40. The number of anilines is 1. The van der Waals surface area contributed by atoms with Gasteiger partial charge in [-0.25, -0.2) is 0 Å². The second-order valence-electron chi connectivity index (χ2n) is 4.58. The number of nitrogens with one attached hydrogen (secondary N) is 2. The van der Waals surface area contributed by atoms with E-state index < -0.39 is 0 Å². The van der Waals surface area contributed by atoms with E-state index >= 15 is 0 Å². The second-order valence-corrected chi connectivity index (χ2v) is 4.58. The Morgan fingerprint density at radius 1 is 1.32 bits per heavy atom. The fourth-order valence-corrected chi connectivity index (χ4v) is 1.95. The monoisotopic (exact) mass is 257 g/mol. The van der Waals surface area contributed by atoms with Crippen LogP contribution >= 0.6 is 0 Å². The zero-order valence-corrected chi connectivity index (χ0v) is 11.3. The Labute approximate surface area is 113 Å². The van der Waals surface area contributed by atoms with Crippen LogP contribution in [0.4, 0.5) is 5.69 Å². The molecular formula is C14H19N5. The summed E-state index contributed by atoms with van der Waals surface area (Å²) < 4.78 is 0. The second kappa shape index (κ2) is 5.65. The highest BCUT2D eigenvalue weighted by Gasteiger charge is 2.23. The maximum atomic E-state index is 8.01. The van der Waals surface area contributed by atoms with Crippen LogP contribution in [0.3, 0.4) is 0 Å². The molecule has 4 N–H and O–H groups in total. The summed E-state index contributed by atoms with van der Waals surface area (Å²) in [5.74, 6) is 1.12. The van der Waals surface area contributed by atoms with Crippen LogP contribution in [0, 0.1) is 5.41 Å².